The van der Waals surface area contributed by atoms with Crippen molar-refractivity contribution in [3.8, 4) is 0 Å². The van der Waals surface area contributed by atoms with E-state index in [1.807, 2.05) is 0 Å². The first-order chi connectivity index (χ1) is 9.86. The summed E-state index contributed by atoms with van der Waals surface area (Å²) >= 11 is 0. The van der Waals surface area contributed by atoms with Crippen molar-refractivity contribution in [2.24, 2.45) is 29.4 Å². The molecule has 128 valence electrons. The molecule has 0 saturated heterocycles. The van der Waals surface area contributed by atoms with E-state index in [4.69, 9.17) is 5.73 Å². The molecule has 0 spiro atoms. The smallest absolute Gasteiger partial charge is 0.353 e. The highest BCUT2D eigenvalue weighted by Gasteiger charge is 2.50. The van der Waals surface area contributed by atoms with Crippen LogP contribution in [-0.2, 0) is 4.79 Å². The molecule has 7 heteroatoms. The summed E-state index contributed by atoms with van der Waals surface area (Å²) < 4.78 is 38.4. The monoisotopic (exact) mass is 340 g/mol. The van der Waals surface area contributed by atoms with Crippen LogP contribution in [0.1, 0.15) is 44.9 Å². The summed E-state index contributed by atoms with van der Waals surface area (Å²) in [5.74, 6) is -0.796. The molecule has 3 rings (SSSR count). The molecule has 0 aromatic heterocycles. The van der Waals surface area contributed by atoms with E-state index in [0.29, 0.717) is 24.7 Å². The van der Waals surface area contributed by atoms with Gasteiger partial charge in [-0.3, -0.25) is 4.79 Å². The highest BCUT2D eigenvalue weighted by atomic mass is 35.5. The standard InChI is InChI=1S/C15H23F3N2O.ClH/c16-15(17,18)10-2-1-3-11(7-10)20-14(21)12-8-4-5-9(6-8)13(12)19;/h8-13H,1-7,19H2,(H,20,21);1H. The molecule has 3 fully saturated rings. The molecule has 0 aromatic rings. The predicted molar refractivity (Wildman–Crippen MR) is 79.5 cm³/mol. The molecule has 0 radical (unpaired) electrons. The highest BCUT2D eigenvalue weighted by molar-refractivity contribution is 5.85. The Morgan fingerprint density at radius 2 is 1.73 bits per heavy atom. The second-order valence-electron chi connectivity index (χ2n) is 7.05. The minimum absolute atomic E-state index is 0. The van der Waals surface area contributed by atoms with Crippen molar-refractivity contribution in [3.63, 3.8) is 0 Å². The molecule has 3 nitrogen and oxygen atoms in total. The Kier molecular flexibility index (Phi) is 5.32. The number of carbonyl (C=O) groups is 1. The largest absolute Gasteiger partial charge is 0.391 e. The third-order valence-electron chi connectivity index (χ3n) is 5.77. The van der Waals surface area contributed by atoms with E-state index in [0.717, 1.165) is 19.3 Å². The van der Waals surface area contributed by atoms with Gasteiger partial charge >= 0.3 is 6.18 Å². The molecule has 2 bridgehead atoms. The molecule has 3 aliphatic rings. The fraction of sp³-hybridized carbons (Fsp3) is 0.933. The van der Waals surface area contributed by atoms with Gasteiger partial charge in [-0.15, -0.1) is 12.4 Å². The average Bonchev–Trinajstić information content (AvgIpc) is 2.98. The summed E-state index contributed by atoms with van der Waals surface area (Å²) in [7, 11) is 0. The Bertz CT molecular complexity index is 416. The van der Waals surface area contributed by atoms with Crippen molar-refractivity contribution in [1.82, 2.24) is 5.32 Å². The predicted octanol–water partition coefficient (Wildman–Crippen LogP) is 3.02. The third-order valence-corrected chi connectivity index (χ3v) is 5.77. The molecule has 6 unspecified atom stereocenters. The van der Waals surface area contributed by atoms with Gasteiger partial charge in [-0.25, -0.2) is 0 Å². The zero-order valence-electron chi connectivity index (χ0n) is 12.4. The summed E-state index contributed by atoms with van der Waals surface area (Å²) in [5.41, 5.74) is 6.13. The van der Waals surface area contributed by atoms with Crippen LogP contribution in [0.5, 0.6) is 0 Å². The van der Waals surface area contributed by atoms with Crippen molar-refractivity contribution < 1.29 is 18.0 Å². The van der Waals surface area contributed by atoms with Crippen LogP contribution < -0.4 is 11.1 Å². The van der Waals surface area contributed by atoms with Gasteiger partial charge < -0.3 is 11.1 Å². The SMILES string of the molecule is Cl.NC1C2CCC(C2)C1C(=O)NC1CCCC(C(F)(F)F)C1. The maximum absolute atomic E-state index is 12.8. The van der Waals surface area contributed by atoms with Crippen LogP contribution in [0.4, 0.5) is 13.2 Å². The van der Waals surface area contributed by atoms with Crippen molar-refractivity contribution >= 4 is 18.3 Å². The van der Waals surface area contributed by atoms with Crippen LogP contribution in [-0.4, -0.2) is 24.2 Å². The lowest BCUT2D eigenvalue weighted by Crippen LogP contribution is -2.49. The first-order valence-corrected chi connectivity index (χ1v) is 7.99. The number of rotatable bonds is 2. The minimum Gasteiger partial charge on any atom is -0.353 e. The number of halogens is 4. The molecule has 3 aliphatic carbocycles. The number of nitrogens with two attached hydrogens (primary N) is 1. The number of nitrogens with one attached hydrogen (secondary N) is 1. The molecular formula is C15H24ClF3N2O. The summed E-state index contributed by atoms with van der Waals surface area (Å²) in [4.78, 5) is 12.4. The van der Waals surface area contributed by atoms with Crippen LogP contribution in [0, 0.1) is 23.7 Å². The van der Waals surface area contributed by atoms with Crippen LogP contribution in [0.25, 0.3) is 0 Å². The summed E-state index contributed by atoms with van der Waals surface area (Å²) in [6.07, 6.45) is 0.365. The van der Waals surface area contributed by atoms with E-state index >= 15 is 0 Å². The topological polar surface area (TPSA) is 55.1 Å². The van der Waals surface area contributed by atoms with E-state index in [1.165, 1.54) is 0 Å². The lowest BCUT2D eigenvalue weighted by molar-refractivity contribution is -0.184. The van der Waals surface area contributed by atoms with E-state index < -0.39 is 12.1 Å². The Morgan fingerprint density at radius 1 is 1.05 bits per heavy atom. The average molecular weight is 341 g/mol. The van der Waals surface area contributed by atoms with E-state index in [1.54, 1.807) is 0 Å². The van der Waals surface area contributed by atoms with Gasteiger partial charge in [0, 0.05) is 12.1 Å². The Balaban J connectivity index is 0.00000176. The highest BCUT2D eigenvalue weighted by Crippen LogP contribution is 2.48. The van der Waals surface area contributed by atoms with Gasteiger partial charge in [-0.05, 0) is 50.4 Å². The normalized spacial score (nSPS) is 41.1. The second kappa shape index (κ2) is 6.56. The van der Waals surface area contributed by atoms with Gasteiger partial charge in [0.05, 0.1) is 11.8 Å². The first kappa shape index (κ1) is 17.9. The van der Waals surface area contributed by atoms with Crippen molar-refractivity contribution in [3.05, 3.63) is 0 Å². The lowest BCUT2D eigenvalue weighted by Gasteiger charge is -2.33. The molecule has 0 aromatic carbocycles. The zero-order chi connectivity index (χ0) is 15.2. The van der Waals surface area contributed by atoms with Crippen LogP contribution in [0.2, 0.25) is 0 Å². The second-order valence-corrected chi connectivity index (χ2v) is 7.05. The Hall–Kier alpha value is -0.490. The van der Waals surface area contributed by atoms with Gasteiger partial charge in [0.15, 0.2) is 0 Å². The quantitative estimate of drug-likeness (QED) is 0.812. The maximum atomic E-state index is 12.8. The van der Waals surface area contributed by atoms with E-state index in [2.05, 4.69) is 5.32 Å². The van der Waals surface area contributed by atoms with Crippen LogP contribution >= 0.6 is 12.4 Å². The van der Waals surface area contributed by atoms with Crippen LogP contribution in [0.15, 0.2) is 0 Å². The van der Waals surface area contributed by atoms with E-state index in [-0.39, 0.29) is 49.2 Å². The summed E-state index contributed by atoms with van der Waals surface area (Å²) in [5, 5.41) is 2.86. The van der Waals surface area contributed by atoms with Gasteiger partial charge in [-0.1, -0.05) is 6.42 Å². The molecule has 1 amide bonds. The van der Waals surface area contributed by atoms with Crippen molar-refractivity contribution in [2.75, 3.05) is 0 Å². The fourth-order valence-corrected chi connectivity index (χ4v) is 4.64. The van der Waals surface area contributed by atoms with Crippen molar-refractivity contribution in [2.45, 2.75) is 63.2 Å². The lowest BCUT2D eigenvalue weighted by atomic mass is 9.82. The van der Waals surface area contributed by atoms with Gasteiger partial charge in [-0.2, -0.15) is 13.2 Å². The molecule has 22 heavy (non-hydrogen) atoms. The number of amides is 1. The van der Waals surface area contributed by atoms with Gasteiger partial charge in [0.25, 0.3) is 0 Å². The molecule has 6 atom stereocenters. The number of carbonyl (C=O) groups excluding carboxylic acids is 1. The van der Waals surface area contributed by atoms with Crippen LogP contribution in [0.3, 0.4) is 0 Å². The van der Waals surface area contributed by atoms with Crippen molar-refractivity contribution in [1.29, 1.82) is 0 Å². The number of hydrogen-bond acceptors (Lipinski definition) is 2. The molecule has 3 saturated carbocycles. The third kappa shape index (κ3) is 3.37. The fourth-order valence-electron chi connectivity index (χ4n) is 4.64. The molecule has 3 N–H and O–H groups in total. The zero-order valence-corrected chi connectivity index (χ0v) is 13.3. The molecular weight excluding hydrogens is 317 g/mol. The number of hydrogen-bond donors (Lipinski definition) is 2. The Labute approximate surface area is 135 Å². The molecule has 0 aliphatic heterocycles. The van der Waals surface area contributed by atoms with Gasteiger partial charge in [0.1, 0.15) is 0 Å². The summed E-state index contributed by atoms with van der Waals surface area (Å²) in [6, 6.07) is -0.449. The minimum atomic E-state index is -4.15. The van der Waals surface area contributed by atoms with Gasteiger partial charge in [0.2, 0.25) is 5.91 Å². The molecule has 0 heterocycles. The first-order valence-electron chi connectivity index (χ1n) is 7.99. The summed E-state index contributed by atoms with van der Waals surface area (Å²) in [6.45, 7) is 0. The Morgan fingerprint density at radius 3 is 2.32 bits per heavy atom. The number of fused-ring (bicyclic) bond motifs is 2. The van der Waals surface area contributed by atoms with E-state index in [9.17, 15) is 18.0 Å². The number of alkyl halides is 3. The maximum Gasteiger partial charge on any atom is 0.391 e.